The van der Waals surface area contributed by atoms with Gasteiger partial charge in [0.15, 0.2) is 0 Å². The quantitative estimate of drug-likeness (QED) is 0.714. The number of carbonyl (C=O) groups is 3. The number of hydrogen-bond acceptors (Lipinski definition) is 3. The average Bonchev–Trinajstić information content (AvgIpc) is 2.33. The van der Waals surface area contributed by atoms with Crippen LogP contribution in [0.5, 0.6) is 0 Å². The molecule has 17 heavy (non-hydrogen) atoms. The summed E-state index contributed by atoms with van der Waals surface area (Å²) in [7, 11) is 0. The molecule has 0 aromatic rings. The molecule has 1 rings (SSSR count). The summed E-state index contributed by atoms with van der Waals surface area (Å²) in [5.74, 6) is -1.56. The van der Waals surface area contributed by atoms with Crippen LogP contribution < -0.4 is 5.32 Å². The van der Waals surface area contributed by atoms with Crippen molar-refractivity contribution in [3.8, 4) is 0 Å². The number of carboxylic acids is 1. The Bertz CT molecular complexity index is 362. The number of nitrogens with zero attached hydrogens (tertiary/aromatic N) is 1. The van der Waals surface area contributed by atoms with E-state index in [1.54, 1.807) is 13.8 Å². The van der Waals surface area contributed by atoms with Gasteiger partial charge in [0.05, 0.1) is 0 Å². The smallest absolute Gasteiger partial charge is 0.327 e. The normalized spacial score (nSPS) is 20.6. The lowest BCUT2D eigenvalue weighted by Gasteiger charge is -2.23. The van der Waals surface area contributed by atoms with E-state index in [2.05, 4.69) is 5.32 Å². The highest BCUT2D eigenvalue weighted by atomic mass is 16.4. The monoisotopic (exact) mass is 242 g/mol. The predicted octanol–water partition coefficient (Wildman–Crippen LogP) is 0.816. The highest BCUT2D eigenvalue weighted by Crippen LogP contribution is 2.22. The molecule has 1 aliphatic heterocycles. The fourth-order valence-corrected chi connectivity index (χ4v) is 1.82. The van der Waals surface area contributed by atoms with Gasteiger partial charge in [0.2, 0.25) is 0 Å². The standard InChI is InChI=1S/C11H18N2O4/c1-6(2)5-7(8(14)15)13-9(16)11(3,4)12-10(13)17/h6-7H,5H2,1-4H3,(H,12,17)(H,14,15)/t7-/m1/s1. The molecular weight excluding hydrogens is 224 g/mol. The van der Waals surface area contributed by atoms with Gasteiger partial charge in [-0.3, -0.25) is 4.79 Å². The minimum atomic E-state index is -1.15. The molecule has 0 unspecified atom stereocenters. The largest absolute Gasteiger partial charge is 0.480 e. The first-order chi connectivity index (χ1) is 7.66. The maximum Gasteiger partial charge on any atom is 0.327 e. The van der Waals surface area contributed by atoms with Gasteiger partial charge >= 0.3 is 12.0 Å². The molecule has 6 heteroatoms. The summed E-state index contributed by atoms with van der Waals surface area (Å²) >= 11 is 0. The zero-order chi connectivity index (χ0) is 13.4. The van der Waals surface area contributed by atoms with Crippen LogP contribution in [0.4, 0.5) is 4.79 Å². The maximum atomic E-state index is 11.9. The highest BCUT2D eigenvalue weighted by Gasteiger charge is 2.49. The number of amides is 3. The van der Waals surface area contributed by atoms with Crippen LogP contribution in [-0.2, 0) is 9.59 Å². The lowest BCUT2D eigenvalue weighted by Crippen LogP contribution is -2.47. The molecule has 6 nitrogen and oxygen atoms in total. The van der Waals surface area contributed by atoms with Crippen molar-refractivity contribution in [2.45, 2.75) is 45.7 Å². The molecule has 96 valence electrons. The van der Waals surface area contributed by atoms with E-state index in [9.17, 15) is 14.4 Å². The van der Waals surface area contributed by atoms with E-state index >= 15 is 0 Å². The molecular formula is C11H18N2O4. The zero-order valence-corrected chi connectivity index (χ0v) is 10.5. The van der Waals surface area contributed by atoms with Gasteiger partial charge in [0, 0.05) is 0 Å². The Morgan fingerprint density at radius 1 is 1.41 bits per heavy atom. The van der Waals surface area contributed by atoms with Gasteiger partial charge in [-0.2, -0.15) is 0 Å². The van der Waals surface area contributed by atoms with E-state index < -0.39 is 29.5 Å². The van der Waals surface area contributed by atoms with Crippen LogP contribution in [0.25, 0.3) is 0 Å². The Morgan fingerprint density at radius 2 is 1.94 bits per heavy atom. The van der Waals surface area contributed by atoms with Gasteiger partial charge in [0.25, 0.3) is 5.91 Å². The lowest BCUT2D eigenvalue weighted by atomic mass is 10.0. The van der Waals surface area contributed by atoms with Crippen molar-refractivity contribution < 1.29 is 19.5 Å². The van der Waals surface area contributed by atoms with Crippen molar-refractivity contribution in [3.63, 3.8) is 0 Å². The Balaban J connectivity index is 3.00. The molecule has 0 saturated carbocycles. The summed E-state index contributed by atoms with van der Waals surface area (Å²) in [5.41, 5.74) is -1.03. The average molecular weight is 242 g/mol. The Hall–Kier alpha value is -1.59. The van der Waals surface area contributed by atoms with Crippen molar-refractivity contribution >= 4 is 17.9 Å². The second-order valence-corrected chi connectivity index (χ2v) is 5.21. The molecule has 0 aliphatic carbocycles. The number of carbonyl (C=O) groups excluding carboxylic acids is 2. The van der Waals surface area contributed by atoms with Crippen LogP contribution >= 0.6 is 0 Å². The zero-order valence-electron chi connectivity index (χ0n) is 10.5. The summed E-state index contributed by atoms with van der Waals surface area (Å²) in [6.07, 6.45) is 0.255. The van der Waals surface area contributed by atoms with Gasteiger partial charge in [0.1, 0.15) is 11.6 Å². The van der Waals surface area contributed by atoms with E-state index in [-0.39, 0.29) is 12.3 Å². The summed E-state index contributed by atoms with van der Waals surface area (Å²) in [5, 5.41) is 11.6. The number of rotatable bonds is 4. The molecule has 3 amide bonds. The van der Waals surface area contributed by atoms with E-state index in [0.717, 1.165) is 4.90 Å². The maximum absolute atomic E-state index is 11.9. The van der Waals surface area contributed by atoms with Crippen molar-refractivity contribution in [2.75, 3.05) is 0 Å². The molecule has 2 N–H and O–H groups in total. The number of nitrogens with one attached hydrogen (secondary N) is 1. The predicted molar refractivity (Wildman–Crippen MR) is 60.3 cm³/mol. The molecule has 1 atom stereocenters. The first-order valence-electron chi connectivity index (χ1n) is 5.55. The fourth-order valence-electron chi connectivity index (χ4n) is 1.82. The molecule has 1 heterocycles. The number of aliphatic carboxylic acids is 1. The summed E-state index contributed by atoms with van der Waals surface area (Å²) in [4.78, 5) is 35.6. The van der Waals surface area contributed by atoms with Gasteiger partial charge < -0.3 is 10.4 Å². The third-order valence-electron chi connectivity index (χ3n) is 2.68. The molecule has 0 radical (unpaired) electrons. The second kappa shape index (κ2) is 4.35. The summed E-state index contributed by atoms with van der Waals surface area (Å²) in [6, 6.07) is -1.72. The van der Waals surface area contributed by atoms with Crippen molar-refractivity contribution in [3.05, 3.63) is 0 Å². The fraction of sp³-hybridized carbons (Fsp3) is 0.727. The van der Waals surface area contributed by atoms with Crippen molar-refractivity contribution in [2.24, 2.45) is 5.92 Å². The third kappa shape index (κ3) is 2.57. The van der Waals surface area contributed by atoms with Crippen molar-refractivity contribution in [1.29, 1.82) is 0 Å². The number of imide groups is 1. The minimum absolute atomic E-state index is 0.0837. The third-order valence-corrected chi connectivity index (χ3v) is 2.68. The Kier molecular flexibility index (Phi) is 3.45. The van der Waals surface area contributed by atoms with Crippen LogP contribution in [0.2, 0.25) is 0 Å². The van der Waals surface area contributed by atoms with Gasteiger partial charge in [-0.05, 0) is 26.2 Å². The summed E-state index contributed by atoms with van der Waals surface area (Å²) < 4.78 is 0. The van der Waals surface area contributed by atoms with Crippen LogP contribution in [0.15, 0.2) is 0 Å². The van der Waals surface area contributed by atoms with Crippen molar-refractivity contribution in [1.82, 2.24) is 10.2 Å². The van der Waals surface area contributed by atoms with E-state index in [1.807, 2.05) is 13.8 Å². The van der Waals surface area contributed by atoms with E-state index in [4.69, 9.17) is 5.11 Å². The Morgan fingerprint density at radius 3 is 2.24 bits per heavy atom. The topological polar surface area (TPSA) is 86.7 Å². The number of hydrogen-bond donors (Lipinski definition) is 2. The molecule has 0 aromatic heterocycles. The molecule has 0 aromatic carbocycles. The number of urea groups is 1. The minimum Gasteiger partial charge on any atom is -0.480 e. The molecule has 1 fully saturated rings. The number of carboxylic acid groups (broad SMARTS) is 1. The van der Waals surface area contributed by atoms with Gasteiger partial charge in [-0.15, -0.1) is 0 Å². The van der Waals surface area contributed by atoms with Crippen LogP contribution in [0, 0.1) is 5.92 Å². The van der Waals surface area contributed by atoms with Crippen LogP contribution in [-0.4, -0.2) is 39.5 Å². The Labute approximate surface area is 100.0 Å². The molecule has 1 aliphatic rings. The first kappa shape index (κ1) is 13.5. The summed E-state index contributed by atoms with van der Waals surface area (Å²) in [6.45, 7) is 6.81. The molecule has 1 saturated heterocycles. The highest BCUT2D eigenvalue weighted by molar-refractivity contribution is 6.08. The lowest BCUT2D eigenvalue weighted by molar-refractivity contribution is -0.148. The van der Waals surface area contributed by atoms with Crippen LogP contribution in [0.3, 0.4) is 0 Å². The van der Waals surface area contributed by atoms with Gasteiger partial charge in [-0.1, -0.05) is 13.8 Å². The van der Waals surface area contributed by atoms with Gasteiger partial charge in [-0.25, -0.2) is 14.5 Å². The van der Waals surface area contributed by atoms with E-state index in [0.29, 0.717) is 0 Å². The SMILES string of the molecule is CC(C)C[C@H](C(=O)O)N1C(=O)NC(C)(C)C1=O. The van der Waals surface area contributed by atoms with Crippen LogP contribution in [0.1, 0.15) is 34.1 Å². The molecule has 0 bridgehead atoms. The first-order valence-corrected chi connectivity index (χ1v) is 5.55. The van der Waals surface area contributed by atoms with E-state index in [1.165, 1.54) is 0 Å². The second-order valence-electron chi connectivity index (χ2n) is 5.21. The molecule has 0 spiro atoms.